The normalized spacial score (nSPS) is 18.1. The Morgan fingerprint density at radius 2 is 1.92 bits per heavy atom. The van der Waals surface area contributed by atoms with Gasteiger partial charge in [-0.3, -0.25) is 4.99 Å². The summed E-state index contributed by atoms with van der Waals surface area (Å²) in [6.45, 7) is 4.95. The zero-order valence-electron chi connectivity index (χ0n) is 15.7. The number of rotatable bonds is 11. The number of hydrogen-bond donors (Lipinski definition) is 3. The summed E-state index contributed by atoms with van der Waals surface area (Å²) >= 11 is 0. The number of ether oxygens (including phenoxy) is 1. The Morgan fingerprint density at radius 1 is 1.20 bits per heavy atom. The molecule has 7 nitrogen and oxygen atoms in total. The van der Waals surface area contributed by atoms with Crippen LogP contribution in [0.2, 0.25) is 0 Å². The zero-order valence-corrected chi connectivity index (χ0v) is 16.5. The van der Waals surface area contributed by atoms with Crippen molar-refractivity contribution in [1.29, 1.82) is 0 Å². The maximum Gasteiger partial charge on any atom is 0.191 e. The maximum atomic E-state index is 11.0. The molecule has 0 aliphatic heterocycles. The first-order chi connectivity index (χ1) is 11.9. The van der Waals surface area contributed by atoms with Crippen molar-refractivity contribution in [2.45, 2.75) is 45.4 Å². The van der Waals surface area contributed by atoms with Gasteiger partial charge in [0.05, 0.1) is 19.0 Å². The average Bonchev–Trinajstić information content (AvgIpc) is 2.56. The van der Waals surface area contributed by atoms with Crippen LogP contribution in [0.5, 0.6) is 0 Å². The van der Waals surface area contributed by atoms with Gasteiger partial charge in [-0.15, -0.1) is 0 Å². The average molecular weight is 378 g/mol. The van der Waals surface area contributed by atoms with E-state index in [9.17, 15) is 13.5 Å². The van der Waals surface area contributed by atoms with Crippen LogP contribution in [0.4, 0.5) is 0 Å². The molecule has 0 heterocycles. The number of hydrogen-bond acceptors (Lipinski definition) is 5. The summed E-state index contributed by atoms with van der Waals surface area (Å²) in [5, 5.41) is 15.8. The molecule has 148 valence electrons. The molecule has 1 aliphatic carbocycles. The predicted octanol–water partition coefficient (Wildman–Crippen LogP) is 0.936. The highest BCUT2D eigenvalue weighted by Gasteiger charge is 2.31. The summed E-state index contributed by atoms with van der Waals surface area (Å²) in [7, 11) is -2.97. The molecular weight excluding hydrogens is 342 g/mol. The topological polar surface area (TPSA) is 100 Å². The molecule has 0 spiro atoms. The first kappa shape index (κ1) is 22.2. The van der Waals surface area contributed by atoms with Gasteiger partial charge in [-0.2, -0.15) is 0 Å². The van der Waals surface area contributed by atoms with Crippen LogP contribution in [0.25, 0.3) is 0 Å². The van der Waals surface area contributed by atoms with Crippen LogP contribution in [-0.2, 0) is 14.6 Å². The molecule has 1 fully saturated rings. The Bertz CT molecular complexity index is 483. The molecule has 0 radical (unpaired) electrons. The molecule has 3 N–H and O–H groups in total. The molecule has 0 aromatic carbocycles. The third-order valence-electron chi connectivity index (χ3n) is 4.61. The van der Waals surface area contributed by atoms with E-state index in [1.165, 1.54) is 25.5 Å². The van der Waals surface area contributed by atoms with Crippen molar-refractivity contribution in [1.82, 2.24) is 10.6 Å². The molecule has 1 rings (SSSR count). The summed E-state index contributed by atoms with van der Waals surface area (Å²) in [6, 6.07) is 0. The second-order valence-corrected chi connectivity index (χ2v) is 9.16. The highest BCUT2D eigenvalue weighted by Crippen LogP contribution is 2.39. The van der Waals surface area contributed by atoms with Crippen molar-refractivity contribution in [3.63, 3.8) is 0 Å². The van der Waals surface area contributed by atoms with E-state index in [4.69, 9.17) is 9.73 Å². The number of sulfone groups is 1. The summed E-state index contributed by atoms with van der Waals surface area (Å²) in [5.41, 5.74) is 0.126. The molecule has 0 saturated heterocycles. The molecule has 0 aromatic heterocycles. The van der Waals surface area contributed by atoms with Gasteiger partial charge in [-0.1, -0.05) is 19.3 Å². The lowest BCUT2D eigenvalue weighted by molar-refractivity contribution is 0.137. The van der Waals surface area contributed by atoms with Gasteiger partial charge >= 0.3 is 0 Å². The van der Waals surface area contributed by atoms with Crippen LogP contribution in [0, 0.1) is 5.41 Å². The summed E-state index contributed by atoms with van der Waals surface area (Å²) in [5.74, 6) is 0.794. The molecule has 0 unspecified atom stereocenters. The van der Waals surface area contributed by atoms with Crippen molar-refractivity contribution in [2.24, 2.45) is 10.4 Å². The van der Waals surface area contributed by atoms with E-state index in [0.717, 1.165) is 38.3 Å². The summed E-state index contributed by atoms with van der Waals surface area (Å²) in [6.07, 6.45) is 7.99. The molecule has 1 saturated carbocycles. The molecule has 0 amide bonds. The number of nitrogens with one attached hydrogen (secondary N) is 2. The summed E-state index contributed by atoms with van der Waals surface area (Å²) in [4.78, 5) is 4.72. The van der Waals surface area contributed by atoms with Gasteiger partial charge in [0.25, 0.3) is 0 Å². The number of nitrogens with zero attached hydrogens (tertiary/aromatic N) is 1. The Morgan fingerprint density at radius 3 is 2.52 bits per heavy atom. The fraction of sp³-hybridized carbons (Fsp3) is 0.941. The SMILES string of the molecule is CCNC(=NCC1(CCO)CCCCC1)NCCOCCS(C)(=O)=O. The van der Waals surface area contributed by atoms with Crippen molar-refractivity contribution in [3.8, 4) is 0 Å². The first-order valence-corrected chi connectivity index (χ1v) is 11.4. The third kappa shape index (κ3) is 10.0. The van der Waals surface area contributed by atoms with E-state index in [1.54, 1.807) is 0 Å². The molecular formula is C17H35N3O4S. The van der Waals surface area contributed by atoms with E-state index >= 15 is 0 Å². The quantitative estimate of drug-likeness (QED) is 0.281. The Hall–Kier alpha value is -0.860. The minimum Gasteiger partial charge on any atom is -0.396 e. The van der Waals surface area contributed by atoms with Gasteiger partial charge < -0.3 is 20.5 Å². The Kier molecular flexibility index (Phi) is 10.4. The predicted molar refractivity (Wildman–Crippen MR) is 102 cm³/mol. The lowest BCUT2D eigenvalue weighted by atomic mass is 9.72. The maximum absolute atomic E-state index is 11.0. The van der Waals surface area contributed by atoms with Gasteiger partial charge in [0.2, 0.25) is 0 Å². The van der Waals surface area contributed by atoms with Crippen molar-refractivity contribution < 1.29 is 18.3 Å². The number of guanidine groups is 1. The standard InChI is InChI=1S/C17H35N3O4S/c1-3-18-16(19-10-12-24-13-14-25(2,22)23)20-15-17(9-11-21)7-5-4-6-8-17/h21H,3-15H2,1-2H3,(H2,18,19,20). The monoisotopic (exact) mass is 377 g/mol. The van der Waals surface area contributed by atoms with E-state index in [2.05, 4.69) is 10.6 Å². The van der Waals surface area contributed by atoms with E-state index < -0.39 is 9.84 Å². The lowest BCUT2D eigenvalue weighted by Crippen LogP contribution is -2.40. The minimum absolute atomic E-state index is 0.0465. The van der Waals surface area contributed by atoms with Crippen LogP contribution in [0.15, 0.2) is 4.99 Å². The van der Waals surface area contributed by atoms with E-state index in [1.807, 2.05) is 6.92 Å². The second kappa shape index (κ2) is 11.7. The molecule has 25 heavy (non-hydrogen) atoms. The van der Waals surface area contributed by atoms with Crippen LogP contribution < -0.4 is 10.6 Å². The van der Waals surface area contributed by atoms with Gasteiger partial charge in [0.1, 0.15) is 9.84 Å². The molecule has 0 aromatic rings. The highest BCUT2D eigenvalue weighted by atomic mass is 32.2. The minimum atomic E-state index is -2.97. The number of aliphatic hydroxyl groups is 1. The zero-order chi connectivity index (χ0) is 18.6. The fourth-order valence-corrected chi connectivity index (χ4v) is 3.59. The molecule has 0 atom stereocenters. The Labute approximate surface area is 152 Å². The number of aliphatic hydroxyl groups excluding tert-OH is 1. The smallest absolute Gasteiger partial charge is 0.191 e. The number of aliphatic imine (C=N–C) groups is 1. The lowest BCUT2D eigenvalue weighted by Gasteiger charge is -2.35. The van der Waals surface area contributed by atoms with Crippen molar-refractivity contribution >= 4 is 15.8 Å². The Balaban J connectivity index is 2.41. The van der Waals surface area contributed by atoms with Crippen LogP contribution in [0.3, 0.4) is 0 Å². The van der Waals surface area contributed by atoms with Gasteiger partial charge in [0, 0.05) is 32.5 Å². The van der Waals surface area contributed by atoms with Gasteiger partial charge in [-0.05, 0) is 31.6 Å². The van der Waals surface area contributed by atoms with Crippen molar-refractivity contribution in [2.75, 3.05) is 51.5 Å². The molecule has 1 aliphatic rings. The fourth-order valence-electron chi connectivity index (χ4n) is 3.17. The first-order valence-electron chi connectivity index (χ1n) is 9.29. The van der Waals surface area contributed by atoms with E-state index in [0.29, 0.717) is 13.2 Å². The third-order valence-corrected chi connectivity index (χ3v) is 5.52. The van der Waals surface area contributed by atoms with Crippen molar-refractivity contribution in [3.05, 3.63) is 0 Å². The van der Waals surface area contributed by atoms with Crippen LogP contribution in [0.1, 0.15) is 45.4 Å². The van der Waals surface area contributed by atoms with Gasteiger partial charge in [-0.25, -0.2) is 8.42 Å². The van der Waals surface area contributed by atoms with Crippen LogP contribution >= 0.6 is 0 Å². The second-order valence-electron chi connectivity index (χ2n) is 6.90. The van der Waals surface area contributed by atoms with Crippen LogP contribution in [-0.4, -0.2) is 70.9 Å². The highest BCUT2D eigenvalue weighted by molar-refractivity contribution is 7.90. The molecule has 0 bridgehead atoms. The summed E-state index contributed by atoms with van der Waals surface area (Å²) < 4.78 is 27.4. The largest absolute Gasteiger partial charge is 0.396 e. The molecule has 8 heteroatoms. The van der Waals surface area contributed by atoms with Gasteiger partial charge in [0.15, 0.2) is 5.96 Å². The van der Waals surface area contributed by atoms with E-state index in [-0.39, 0.29) is 24.4 Å².